The van der Waals surface area contributed by atoms with E-state index in [-0.39, 0.29) is 11.0 Å². The van der Waals surface area contributed by atoms with Crippen LogP contribution >= 0.6 is 0 Å². The Morgan fingerprint density at radius 3 is 2.50 bits per heavy atom. The molecule has 1 aromatic rings. The van der Waals surface area contributed by atoms with Crippen molar-refractivity contribution in [2.24, 2.45) is 5.41 Å². The number of ether oxygens (including phenoxy) is 1. The van der Waals surface area contributed by atoms with Crippen LogP contribution in [0.25, 0.3) is 0 Å². The van der Waals surface area contributed by atoms with E-state index in [0.29, 0.717) is 6.04 Å². The number of hydrogen-bond donors (Lipinski definition) is 0. The summed E-state index contributed by atoms with van der Waals surface area (Å²) in [7, 11) is 3.94. The maximum absolute atomic E-state index is 5.71. The van der Waals surface area contributed by atoms with E-state index in [2.05, 4.69) is 55.7 Å². The minimum Gasteiger partial charge on any atom is -0.378 e. The fourth-order valence-electron chi connectivity index (χ4n) is 3.21. The standard InChI is InChI=1S/C16H27N3O/c1-8-12-9-14(18-11(2)17-12)19(6)13-10-16(5,20-7)15(13,3)4/h9,13H,8,10H2,1-7H3. The molecule has 1 aliphatic carbocycles. The van der Waals surface area contributed by atoms with E-state index in [1.165, 1.54) is 0 Å². The van der Waals surface area contributed by atoms with E-state index < -0.39 is 0 Å². The summed E-state index contributed by atoms with van der Waals surface area (Å²) < 4.78 is 5.71. The highest BCUT2D eigenvalue weighted by atomic mass is 16.5. The van der Waals surface area contributed by atoms with Gasteiger partial charge in [-0.1, -0.05) is 20.8 Å². The van der Waals surface area contributed by atoms with Crippen molar-refractivity contribution in [3.63, 3.8) is 0 Å². The summed E-state index contributed by atoms with van der Waals surface area (Å²) >= 11 is 0. The van der Waals surface area contributed by atoms with Gasteiger partial charge in [-0.15, -0.1) is 0 Å². The van der Waals surface area contributed by atoms with Gasteiger partial charge in [0.2, 0.25) is 0 Å². The highest BCUT2D eigenvalue weighted by Gasteiger charge is 2.59. The number of aromatic nitrogens is 2. The molecular weight excluding hydrogens is 250 g/mol. The van der Waals surface area contributed by atoms with Crippen LogP contribution < -0.4 is 4.90 Å². The third kappa shape index (κ3) is 2.20. The number of aryl methyl sites for hydroxylation is 2. The summed E-state index contributed by atoms with van der Waals surface area (Å²) in [4.78, 5) is 11.3. The first-order valence-corrected chi connectivity index (χ1v) is 7.37. The molecule has 0 saturated heterocycles. The first-order chi connectivity index (χ1) is 9.25. The molecule has 1 fully saturated rings. The van der Waals surface area contributed by atoms with Crippen LogP contribution in [0, 0.1) is 12.3 Å². The molecule has 1 aromatic heterocycles. The first kappa shape index (κ1) is 15.2. The Balaban J connectivity index is 2.25. The van der Waals surface area contributed by atoms with E-state index in [4.69, 9.17) is 4.74 Å². The van der Waals surface area contributed by atoms with Crippen molar-refractivity contribution in [3.05, 3.63) is 17.6 Å². The molecule has 2 unspecified atom stereocenters. The Bertz CT molecular complexity index is 500. The number of hydrogen-bond acceptors (Lipinski definition) is 4. The molecule has 4 nitrogen and oxygen atoms in total. The monoisotopic (exact) mass is 277 g/mol. The van der Waals surface area contributed by atoms with Gasteiger partial charge >= 0.3 is 0 Å². The second-order valence-corrected chi connectivity index (χ2v) is 6.61. The largest absolute Gasteiger partial charge is 0.378 e. The van der Waals surface area contributed by atoms with Gasteiger partial charge in [-0.3, -0.25) is 0 Å². The van der Waals surface area contributed by atoms with Crippen molar-refractivity contribution in [2.45, 2.75) is 59.1 Å². The van der Waals surface area contributed by atoms with Crippen LogP contribution in [-0.2, 0) is 11.2 Å². The molecule has 1 heterocycles. The Morgan fingerprint density at radius 1 is 1.35 bits per heavy atom. The lowest BCUT2D eigenvalue weighted by Gasteiger charge is -2.61. The van der Waals surface area contributed by atoms with Crippen LogP contribution in [-0.4, -0.2) is 35.8 Å². The molecule has 4 heteroatoms. The Labute approximate surface area is 122 Å². The fraction of sp³-hybridized carbons (Fsp3) is 0.750. The van der Waals surface area contributed by atoms with Gasteiger partial charge in [0.05, 0.1) is 5.60 Å². The van der Waals surface area contributed by atoms with Crippen LogP contribution in [0.4, 0.5) is 5.82 Å². The van der Waals surface area contributed by atoms with Crippen LogP contribution in [0.2, 0.25) is 0 Å². The molecule has 2 atom stereocenters. The van der Waals surface area contributed by atoms with Gasteiger partial charge in [0.15, 0.2) is 0 Å². The highest BCUT2D eigenvalue weighted by Crippen LogP contribution is 2.54. The predicted molar refractivity (Wildman–Crippen MR) is 82.2 cm³/mol. The van der Waals surface area contributed by atoms with Gasteiger partial charge in [0, 0.05) is 37.4 Å². The van der Waals surface area contributed by atoms with Crippen molar-refractivity contribution < 1.29 is 4.74 Å². The van der Waals surface area contributed by atoms with Gasteiger partial charge in [-0.25, -0.2) is 9.97 Å². The van der Waals surface area contributed by atoms with Crippen LogP contribution in [0.3, 0.4) is 0 Å². The maximum atomic E-state index is 5.71. The van der Waals surface area contributed by atoms with E-state index in [9.17, 15) is 0 Å². The number of anilines is 1. The summed E-state index contributed by atoms with van der Waals surface area (Å²) in [5, 5.41) is 0. The quantitative estimate of drug-likeness (QED) is 0.848. The van der Waals surface area contributed by atoms with Gasteiger partial charge in [0.25, 0.3) is 0 Å². The summed E-state index contributed by atoms with van der Waals surface area (Å²) in [5.41, 5.74) is 1.15. The van der Waals surface area contributed by atoms with E-state index >= 15 is 0 Å². The molecule has 20 heavy (non-hydrogen) atoms. The average Bonchev–Trinajstić information content (AvgIpc) is 2.42. The maximum Gasteiger partial charge on any atom is 0.132 e. The number of rotatable bonds is 4. The van der Waals surface area contributed by atoms with Crippen molar-refractivity contribution in [2.75, 3.05) is 19.1 Å². The van der Waals surface area contributed by atoms with Crippen molar-refractivity contribution in [1.29, 1.82) is 0 Å². The van der Waals surface area contributed by atoms with E-state index in [1.54, 1.807) is 0 Å². The molecular formula is C16H27N3O. The van der Waals surface area contributed by atoms with Crippen molar-refractivity contribution >= 4 is 5.82 Å². The third-order valence-electron chi connectivity index (χ3n) is 5.30. The molecule has 0 radical (unpaired) electrons. The molecule has 112 valence electrons. The minimum absolute atomic E-state index is 0.0540. The molecule has 0 N–H and O–H groups in total. The molecule has 0 aliphatic heterocycles. The fourth-order valence-corrected chi connectivity index (χ4v) is 3.21. The van der Waals surface area contributed by atoms with E-state index in [0.717, 1.165) is 30.2 Å². The SMILES string of the molecule is CCc1cc(N(C)C2CC(C)(OC)C2(C)C)nc(C)n1. The normalized spacial score (nSPS) is 28.1. The third-order valence-corrected chi connectivity index (χ3v) is 5.30. The minimum atomic E-state index is -0.0540. The van der Waals surface area contributed by atoms with Crippen molar-refractivity contribution in [1.82, 2.24) is 9.97 Å². The molecule has 1 saturated carbocycles. The Kier molecular flexibility index (Phi) is 3.80. The highest BCUT2D eigenvalue weighted by molar-refractivity contribution is 5.43. The smallest absolute Gasteiger partial charge is 0.132 e. The lowest BCUT2D eigenvalue weighted by atomic mass is 9.55. The van der Waals surface area contributed by atoms with Gasteiger partial charge in [-0.05, 0) is 26.7 Å². The summed E-state index contributed by atoms with van der Waals surface area (Å²) in [5.74, 6) is 1.86. The zero-order valence-corrected chi connectivity index (χ0v) is 13.8. The van der Waals surface area contributed by atoms with Gasteiger partial charge in [-0.2, -0.15) is 0 Å². The van der Waals surface area contributed by atoms with Gasteiger partial charge < -0.3 is 9.64 Å². The average molecular weight is 277 g/mol. The lowest BCUT2D eigenvalue weighted by molar-refractivity contribution is -0.172. The number of nitrogens with zero attached hydrogens (tertiary/aromatic N) is 3. The van der Waals surface area contributed by atoms with E-state index in [1.807, 2.05) is 14.0 Å². The summed E-state index contributed by atoms with van der Waals surface area (Å²) in [6.45, 7) is 10.8. The van der Waals surface area contributed by atoms with Crippen LogP contribution in [0.5, 0.6) is 0 Å². The molecule has 0 bridgehead atoms. The molecule has 0 amide bonds. The van der Waals surface area contributed by atoms with Gasteiger partial charge in [0.1, 0.15) is 11.6 Å². The lowest BCUT2D eigenvalue weighted by Crippen LogP contribution is -2.68. The predicted octanol–water partition coefficient (Wildman–Crippen LogP) is 2.99. The Morgan fingerprint density at radius 2 is 2.00 bits per heavy atom. The first-order valence-electron chi connectivity index (χ1n) is 7.37. The second kappa shape index (κ2) is 4.99. The zero-order chi connectivity index (χ0) is 15.1. The molecule has 2 rings (SSSR count). The van der Waals surface area contributed by atoms with Crippen LogP contribution in [0.15, 0.2) is 6.07 Å². The van der Waals surface area contributed by atoms with Crippen LogP contribution in [0.1, 0.15) is 45.6 Å². The topological polar surface area (TPSA) is 38.2 Å². The zero-order valence-electron chi connectivity index (χ0n) is 13.8. The molecule has 0 aromatic carbocycles. The van der Waals surface area contributed by atoms with Crippen molar-refractivity contribution in [3.8, 4) is 0 Å². The second-order valence-electron chi connectivity index (χ2n) is 6.61. The molecule has 1 aliphatic rings. The Hall–Kier alpha value is -1.16. The number of methoxy groups -OCH3 is 1. The summed E-state index contributed by atoms with van der Waals surface area (Å²) in [6.07, 6.45) is 1.96. The summed E-state index contributed by atoms with van der Waals surface area (Å²) in [6, 6.07) is 2.54. The molecule has 0 spiro atoms.